The number of carboxylic acids is 1. The first kappa shape index (κ1) is 11.5. The van der Waals surface area contributed by atoms with E-state index in [4.69, 9.17) is 5.11 Å². The van der Waals surface area contributed by atoms with E-state index < -0.39 is 5.97 Å². The Bertz CT molecular complexity index is 344. The van der Waals surface area contributed by atoms with Gasteiger partial charge >= 0.3 is 5.97 Å². The molecule has 1 aromatic rings. The molecule has 15 heavy (non-hydrogen) atoms. The number of carbonyl (C=O) groups is 1. The van der Waals surface area contributed by atoms with Crippen molar-refractivity contribution in [3.05, 3.63) is 5.82 Å². The molecule has 0 aliphatic carbocycles. The second-order valence-corrected chi connectivity index (χ2v) is 3.19. The topological polar surface area (TPSA) is 71.2 Å². The minimum atomic E-state index is -0.892. The van der Waals surface area contributed by atoms with Gasteiger partial charge in [0, 0.05) is 20.1 Å². The first-order valence-electron chi connectivity index (χ1n) is 4.95. The van der Waals surface area contributed by atoms with Crippen LogP contribution in [-0.2, 0) is 18.3 Å². The van der Waals surface area contributed by atoms with E-state index in [1.165, 1.54) is 4.68 Å². The highest BCUT2D eigenvalue weighted by Crippen LogP contribution is 2.08. The second kappa shape index (κ2) is 4.77. The monoisotopic (exact) mass is 212 g/mol. The van der Waals surface area contributed by atoms with Crippen LogP contribution in [0.2, 0.25) is 0 Å². The summed E-state index contributed by atoms with van der Waals surface area (Å²) in [6.07, 6.45) is -0.0925. The van der Waals surface area contributed by atoms with E-state index in [0.717, 1.165) is 13.1 Å². The molecule has 0 spiro atoms. The highest BCUT2D eigenvalue weighted by molar-refractivity contribution is 5.69. The van der Waals surface area contributed by atoms with E-state index in [2.05, 4.69) is 10.1 Å². The molecule has 1 rings (SSSR count). The minimum Gasteiger partial charge on any atom is -0.481 e. The first-order valence-corrected chi connectivity index (χ1v) is 4.95. The van der Waals surface area contributed by atoms with Gasteiger partial charge in [-0.3, -0.25) is 9.48 Å². The molecule has 0 amide bonds. The molecule has 0 fully saturated rings. The number of aliphatic carboxylic acids is 1. The molecule has 0 radical (unpaired) electrons. The standard InChI is InChI=1S/C9H16N4O2/c1-4-13(5-2)9-10-7(6-8(14)15)12(3)11-9/h4-6H2,1-3H3,(H,14,15). The maximum Gasteiger partial charge on any atom is 0.311 e. The maximum atomic E-state index is 10.5. The van der Waals surface area contributed by atoms with Crippen molar-refractivity contribution in [1.82, 2.24) is 14.8 Å². The summed E-state index contributed by atoms with van der Waals surface area (Å²) in [7, 11) is 1.71. The Morgan fingerprint density at radius 2 is 2.07 bits per heavy atom. The van der Waals surface area contributed by atoms with Crippen LogP contribution in [0.25, 0.3) is 0 Å². The second-order valence-electron chi connectivity index (χ2n) is 3.19. The third kappa shape index (κ3) is 2.68. The molecule has 0 saturated heterocycles. The van der Waals surface area contributed by atoms with E-state index in [1.807, 2.05) is 18.7 Å². The molecule has 1 N–H and O–H groups in total. The Kier molecular flexibility index (Phi) is 3.65. The van der Waals surface area contributed by atoms with Crippen molar-refractivity contribution in [2.24, 2.45) is 7.05 Å². The molecule has 0 unspecified atom stereocenters. The van der Waals surface area contributed by atoms with Crippen LogP contribution >= 0.6 is 0 Å². The Morgan fingerprint density at radius 1 is 1.47 bits per heavy atom. The van der Waals surface area contributed by atoms with Crippen LogP contribution in [0.5, 0.6) is 0 Å². The Hall–Kier alpha value is -1.59. The van der Waals surface area contributed by atoms with Gasteiger partial charge in [0.25, 0.3) is 0 Å². The average Bonchev–Trinajstić information content (AvgIpc) is 2.49. The summed E-state index contributed by atoms with van der Waals surface area (Å²) in [5, 5.41) is 12.8. The lowest BCUT2D eigenvalue weighted by atomic mass is 10.4. The number of aromatic nitrogens is 3. The number of hydrogen-bond donors (Lipinski definition) is 1. The zero-order valence-electron chi connectivity index (χ0n) is 9.27. The van der Waals surface area contributed by atoms with Crippen molar-refractivity contribution in [2.45, 2.75) is 20.3 Å². The van der Waals surface area contributed by atoms with Crippen LogP contribution in [0, 0.1) is 0 Å². The van der Waals surface area contributed by atoms with Crippen LogP contribution in [-0.4, -0.2) is 38.9 Å². The van der Waals surface area contributed by atoms with Gasteiger partial charge in [0.05, 0.1) is 0 Å². The summed E-state index contributed by atoms with van der Waals surface area (Å²) < 4.78 is 1.52. The summed E-state index contributed by atoms with van der Waals surface area (Å²) in [4.78, 5) is 16.7. The van der Waals surface area contributed by atoms with E-state index in [-0.39, 0.29) is 6.42 Å². The molecule has 0 aromatic carbocycles. The summed E-state index contributed by atoms with van der Waals surface area (Å²) in [5.74, 6) is 0.180. The van der Waals surface area contributed by atoms with E-state index >= 15 is 0 Å². The third-order valence-electron chi connectivity index (χ3n) is 2.20. The van der Waals surface area contributed by atoms with Gasteiger partial charge in [0.15, 0.2) is 0 Å². The van der Waals surface area contributed by atoms with Gasteiger partial charge in [-0.1, -0.05) is 0 Å². The SMILES string of the molecule is CCN(CC)c1nc(CC(=O)O)n(C)n1. The van der Waals surface area contributed by atoms with Crippen molar-refractivity contribution < 1.29 is 9.90 Å². The molecule has 84 valence electrons. The number of aryl methyl sites for hydroxylation is 1. The molecule has 0 bridgehead atoms. The summed E-state index contributed by atoms with van der Waals surface area (Å²) in [6.45, 7) is 5.65. The fraction of sp³-hybridized carbons (Fsp3) is 0.667. The molecule has 1 aromatic heterocycles. The fourth-order valence-electron chi connectivity index (χ4n) is 1.33. The lowest BCUT2D eigenvalue weighted by Gasteiger charge is -2.15. The third-order valence-corrected chi connectivity index (χ3v) is 2.20. The van der Waals surface area contributed by atoms with Crippen LogP contribution in [0.15, 0.2) is 0 Å². The lowest BCUT2D eigenvalue weighted by Crippen LogP contribution is -2.23. The van der Waals surface area contributed by atoms with Crippen molar-refractivity contribution >= 4 is 11.9 Å². The van der Waals surface area contributed by atoms with Crippen molar-refractivity contribution in [2.75, 3.05) is 18.0 Å². The number of anilines is 1. The van der Waals surface area contributed by atoms with Crippen molar-refractivity contribution in [3.63, 3.8) is 0 Å². The quantitative estimate of drug-likeness (QED) is 0.759. The Labute approximate surface area is 88.5 Å². The Balaban J connectivity index is 2.88. The zero-order valence-corrected chi connectivity index (χ0v) is 9.27. The van der Waals surface area contributed by atoms with E-state index in [9.17, 15) is 4.79 Å². The van der Waals surface area contributed by atoms with Crippen LogP contribution < -0.4 is 4.90 Å². The predicted octanol–water partition coefficient (Wildman–Crippen LogP) is 0.288. The molecule has 6 nitrogen and oxygen atoms in total. The van der Waals surface area contributed by atoms with E-state index in [0.29, 0.717) is 11.8 Å². The molecular weight excluding hydrogens is 196 g/mol. The summed E-state index contributed by atoms with van der Waals surface area (Å²) >= 11 is 0. The molecular formula is C9H16N4O2. The number of carboxylic acid groups (broad SMARTS) is 1. The molecule has 0 atom stereocenters. The summed E-state index contributed by atoms with van der Waals surface area (Å²) in [5.41, 5.74) is 0. The minimum absolute atomic E-state index is 0.0925. The number of nitrogens with zero attached hydrogens (tertiary/aromatic N) is 4. The van der Waals surface area contributed by atoms with Gasteiger partial charge < -0.3 is 10.0 Å². The Morgan fingerprint density at radius 3 is 2.53 bits per heavy atom. The number of hydrogen-bond acceptors (Lipinski definition) is 4. The molecule has 0 aliphatic rings. The molecule has 0 saturated carbocycles. The first-order chi connectivity index (χ1) is 7.08. The normalized spacial score (nSPS) is 10.3. The van der Waals surface area contributed by atoms with Gasteiger partial charge in [-0.15, -0.1) is 5.10 Å². The maximum absolute atomic E-state index is 10.5. The van der Waals surface area contributed by atoms with E-state index in [1.54, 1.807) is 7.05 Å². The lowest BCUT2D eigenvalue weighted by molar-refractivity contribution is -0.136. The molecule has 1 heterocycles. The predicted molar refractivity (Wildman–Crippen MR) is 55.9 cm³/mol. The summed E-state index contributed by atoms with van der Waals surface area (Å²) in [6, 6.07) is 0. The van der Waals surface area contributed by atoms with Crippen LogP contribution in [0.1, 0.15) is 19.7 Å². The van der Waals surface area contributed by atoms with Crippen molar-refractivity contribution in [1.29, 1.82) is 0 Å². The highest BCUT2D eigenvalue weighted by Gasteiger charge is 2.13. The average molecular weight is 212 g/mol. The van der Waals surface area contributed by atoms with Gasteiger partial charge in [0.1, 0.15) is 12.2 Å². The smallest absolute Gasteiger partial charge is 0.311 e. The van der Waals surface area contributed by atoms with Crippen molar-refractivity contribution in [3.8, 4) is 0 Å². The molecule has 0 aliphatic heterocycles. The van der Waals surface area contributed by atoms with Gasteiger partial charge in [-0.05, 0) is 13.8 Å². The van der Waals surface area contributed by atoms with Crippen LogP contribution in [0.4, 0.5) is 5.95 Å². The zero-order chi connectivity index (χ0) is 11.4. The molecule has 6 heteroatoms. The highest BCUT2D eigenvalue weighted by atomic mass is 16.4. The van der Waals surface area contributed by atoms with Crippen LogP contribution in [0.3, 0.4) is 0 Å². The number of rotatable bonds is 5. The van der Waals surface area contributed by atoms with Gasteiger partial charge in [-0.25, -0.2) is 0 Å². The van der Waals surface area contributed by atoms with Gasteiger partial charge in [0.2, 0.25) is 5.95 Å². The fourth-order valence-corrected chi connectivity index (χ4v) is 1.33. The van der Waals surface area contributed by atoms with Gasteiger partial charge in [-0.2, -0.15) is 4.98 Å². The largest absolute Gasteiger partial charge is 0.481 e.